The summed E-state index contributed by atoms with van der Waals surface area (Å²) >= 11 is 0. The van der Waals surface area contributed by atoms with E-state index >= 15 is 0 Å². The summed E-state index contributed by atoms with van der Waals surface area (Å²) in [4.78, 5) is 64.4. The number of carbonyl (C=O) groups excluding carboxylic acids is 5. The van der Waals surface area contributed by atoms with Crippen molar-refractivity contribution in [2.24, 2.45) is 28.6 Å². The lowest BCUT2D eigenvalue weighted by molar-refractivity contribution is -0.243. The second kappa shape index (κ2) is 12.5. The van der Waals surface area contributed by atoms with Crippen LogP contribution in [-0.4, -0.2) is 82.8 Å². The first-order valence-corrected chi connectivity index (χ1v) is 16.2. The molecule has 13 heteroatoms. The molecule has 5 rings (SSSR count). The van der Waals surface area contributed by atoms with Crippen LogP contribution in [0.5, 0.6) is 0 Å². The molecule has 2 aliphatic heterocycles. The van der Waals surface area contributed by atoms with E-state index in [9.17, 15) is 34.2 Å². The smallest absolute Gasteiger partial charge is 0.335 e. The van der Waals surface area contributed by atoms with Crippen LogP contribution in [0.1, 0.15) is 72.3 Å². The van der Waals surface area contributed by atoms with Crippen molar-refractivity contribution in [3.63, 3.8) is 0 Å². The minimum absolute atomic E-state index is 0.0231. The van der Waals surface area contributed by atoms with Gasteiger partial charge in [-0.05, 0) is 36.5 Å². The molecule has 262 valence electrons. The van der Waals surface area contributed by atoms with Crippen LogP contribution in [0.4, 0.5) is 0 Å². The van der Waals surface area contributed by atoms with E-state index in [1.165, 1.54) is 31.6 Å². The summed E-state index contributed by atoms with van der Waals surface area (Å²) in [7, 11) is 0. The SMILES string of the molecule is C=C1C([C@@]2(C)C=CC(=O)OC3(C)COC(=O)CC32)[C@@H](OC=O)[C@H](OC(=O)C(O)C(C)CC)[C@@]2(C)[C@H](c3ccoc3)C[C@@H](OC(C)=O)[C@]12O. The Morgan fingerprint density at radius 2 is 1.92 bits per heavy atom. The number of esters is 4. The normalized spacial score (nSPS) is 40.3. The highest BCUT2D eigenvalue weighted by molar-refractivity contribution is 5.83. The Morgan fingerprint density at radius 3 is 2.52 bits per heavy atom. The van der Waals surface area contributed by atoms with E-state index in [4.69, 9.17) is 28.1 Å². The minimum atomic E-state index is -2.17. The lowest BCUT2D eigenvalue weighted by atomic mass is 9.47. The molecule has 2 aliphatic carbocycles. The van der Waals surface area contributed by atoms with Crippen molar-refractivity contribution < 1.29 is 62.3 Å². The Kier molecular flexibility index (Phi) is 9.19. The van der Waals surface area contributed by atoms with Crippen LogP contribution < -0.4 is 0 Å². The van der Waals surface area contributed by atoms with Crippen LogP contribution in [0, 0.1) is 28.6 Å². The minimum Gasteiger partial charge on any atom is -0.472 e. The van der Waals surface area contributed by atoms with E-state index in [0.29, 0.717) is 12.0 Å². The van der Waals surface area contributed by atoms with Crippen molar-refractivity contribution in [1.29, 1.82) is 0 Å². The van der Waals surface area contributed by atoms with Gasteiger partial charge in [0.2, 0.25) is 0 Å². The van der Waals surface area contributed by atoms with Crippen molar-refractivity contribution in [3.05, 3.63) is 48.5 Å². The topological polar surface area (TPSA) is 185 Å². The molecule has 12 atom stereocenters. The van der Waals surface area contributed by atoms with Gasteiger partial charge in [-0.25, -0.2) is 9.59 Å². The Hall–Kier alpha value is -3.97. The number of rotatable bonds is 9. The number of carbonyl (C=O) groups is 5. The molecule has 5 unspecified atom stereocenters. The number of furan rings is 1. The lowest BCUT2D eigenvalue weighted by Crippen LogP contribution is -2.71. The van der Waals surface area contributed by atoms with Crippen LogP contribution in [0.15, 0.2) is 47.3 Å². The highest BCUT2D eigenvalue weighted by Crippen LogP contribution is 2.69. The molecule has 13 nitrogen and oxygen atoms in total. The zero-order valence-electron chi connectivity index (χ0n) is 28.0. The van der Waals surface area contributed by atoms with E-state index < -0.39 is 94.0 Å². The summed E-state index contributed by atoms with van der Waals surface area (Å²) in [5.74, 6) is -6.21. The van der Waals surface area contributed by atoms with Crippen molar-refractivity contribution in [2.75, 3.05) is 6.61 Å². The summed E-state index contributed by atoms with van der Waals surface area (Å²) in [6, 6.07) is 1.67. The van der Waals surface area contributed by atoms with E-state index in [1.54, 1.807) is 40.7 Å². The monoisotopic (exact) mass is 672 g/mol. The predicted octanol–water partition coefficient (Wildman–Crippen LogP) is 2.92. The first-order chi connectivity index (χ1) is 22.5. The maximum absolute atomic E-state index is 13.7. The fourth-order valence-corrected chi connectivity index (χ4v) is 8.93. The summed E-state index contributed by atoms with van der Waals surface area (Å²) in [6.45, 7) is 13.9. The third-order valence-corrected chi connectivity index (χ3v) is 11.6. The van der Waals surface area contributed by atoms with Crippen molar-refractivity contribution in [3.8, 4) is 0 Å². The number of aliphatic hydroxyl groups excluding tert-OH is 1. The molecule has 3 fully saturated rings. The predicted molar refractivity (Wildman–Crippen MR) is 164 cm³/mol. The van der Waals surface area contributed by atoms with Gasteiger partial charge in [-0.1, -0.05) is 46.8 Å². The third-order valence-electron chi connectivity index (χ3n) is 11.6. The first kappa shape index (κ1) is 35.3. The molecule has 1 saturated heterocycles. The van der Waals surface area contributed by atoms with Crippen LogP contribution >= 0.6 is 0 Å². The number of fused-ring (bicyclic) bond motifs is 2. The first-order valence-electron chi connectivity index (χ1n) is 16.2. The van der Waals surface area contributed by atoms with Gasteiger partial charge < -0.3 is 38.3 Å². The number of allylic oxidation sites excluding steroid dienone is 1. The van der Waals surface area contributed by atoms with Crippen LogP contribution in [0.2, 0.25) is 0 Å². The van der Waals surface area contributed by atoms with Gasteiger partial charge >= 0.3 is 23.9 Å². The fourth-order valence-electron chi connectivity index (χ4n) is 8.93. The molecular formula is C35H44O13. The van der Waals surface area contributed by atoms with E-state index in [-0.39, 0.29) is 31.5 Å². The number of cyclic esters (lactones) is 1. The van der Waals surface area contributed by atoms with Crippen molar-refractivity contribution >= 4 is 30.3 Å². The van der Waals surface area contributed by atoms with Crippen LogP contribution in [0.3, 0.4) is 0 Å². The van der Waals surface area contributed by atoms with Crippen molar-refractivity contribution in [1.82, 2.24) is 0 Å². The Labute approximate surface area is 278 Å². The van der Waals surface area contributed by atoms with Gasteiger partial charge in [-0.3, -0.25) is 14.4 Å². The molecule has 48 heavy (non-hydrogen) atoms. The highest BCUT2D eigenvalue weighted by Gasteiger charge is 2.77. The van der Waals surface area contributed by atoms with Gasteiger partial charge in [-0.2, -0.15) is 0 Å². The average Bonchev–Trinajstić information content (AvgIpc) is 3.62. The number of ether oxygens (including phenoxy) is 5. The number of hydrogen-bond donors (Lipinski definition) is 2. The van der Waals surface area contributed by atoms with Gasteiger partial charge in [0.05, 0.1) is 24.4 Å². The van der Waals surface area contributed by atoms with Crippen LogP contribution in [0.25, 0.3) is 0 Å². The maximum Gasteiger partial charge on any atom is 0.335 e. The van der Waals surface area contributed by atoms with E-state index in [2.05, 4.69) is 6.58 Å². The van der Waals surface area contributed by atoms with Gasteiger partial charge in [0, 0.05) is 36.2 Å². The molecule has 2 N–H and O–H groups in total. The molecular weight excluding hydrogens is 628 g/mol. The van der Waals surface area contributed by atoms with E-state index in [1.807, 2.05) is 0 Å². The molecule has 0 spiro atoms. The highest BCUT2D eigenvalue weighted by atomic mass is 16.6. The van der Waals surface area contributed by atoms with Gasteiger partial charge in [0.25, 0.3) is 6.47 Å². The largest absolute Gasteiger partial charge is 0.472 e. The molecule has 3 heterocycles. The molecule has 0 bridgehead atoms. The Bertz CT molecular complexity index is 1500. The zero-order chi connectivity index (χ0) is 35.4. The maximum atomic E-state index is 13.7. The Balaban J connectivity index is 1.79. The lowest BCUT2D eigenvalue weighted by Gasteiger charge is -2.61. The van der Waals surface area contributed by atoms with E-state index in [0.717, 1.165) is 0 Å². The summed E-state index contributed by atoms with van der Waals surface area (Å²) in [5.41, 5.74) is -5.87. The molecule has 0 amide bonds. The van der Waals surface area contributed by atoms with Crippen molar-refractivity contribution in [2.45, 2.75) is 102 Å². The summed E-state index contributed by atoms with van der Waals surface area (Å²) in [5, 5.41) is 24.2. The number of hydrogen-bond acceptors (Lipinski definition) is 13. The van der Waals surface area contributed by atoms with Gasteiger partial charge in [0.15, 0.2) is 6.10 Å². The molecule has 1 aromatic heterocycles. The summed E-state index contributed by atoms with van der Waals surface area (Å²) in [6.07, 6.45) is 0.145. The zero-order valence-corrected chi connectivity index (χ0v) is 28.0. The molecule has 0 radical (unpaired) electrons. The number of aliphatic hydroxyl groups is 2. The fraction of sp³-hybridized carbons (Fsp3) is 0.629. The molecule has 2 saturated carbocycles. The molecule has 4 aliphatic rings. The quantitative estimate of drug-likeness (QED) is 0.169. The Morgan fingerprint density at radius 1 is 1.21 bits per heavy atom. The standard InChI is InChI=1S/C35H44O13/c1-8-18(2)28(40)31(41)47-30-29(45-17-36)27(32(5)11-9-25(38)48-33(6)16-44-26(39)14-23(32)33)19(3)35(42)24(46-20(4)37)13-22(34(30,35)7)21-10-12-43-15-21/h9-12,15,17-18,22-24,27-30,40,42H,3,8,13-14,16H2,1-2,4-7H3/t18?,22-,23?,24+,27?,28?,29+,30-,32-,33?,34+,35+/m0/s1. The third kappa shape index (κ3) is 5.26. The average molecular weight is 673 g/mol. The second-order valence-corrected chi connectivity index (χ2v) is 14.2. The molecule has 1 aromatic rings. The second-order valence-electron chi connectivity index (χ2n) is 14.2. The van der Waals surface area contributed by atoms with Gasteiger partial charge in [0.1, 0.15) is 36.1 Å². The molecule has 0 aromatic carbocycles. The summed E-state index contributed by atoms with van der Waals surface area (Å²) < 4.78 is 34.4. The van der Waals surface area contributed by atoms with Crippen LogP contribution in [-0.2, 0) is 47.7 Å². The van der Waals surface area contributed by atoms with Gasteiger partial charge in [-0.15, -0.1) is 0 Å².